The van der Waals surface area contributed by atoms with Crippen LogP contribution in [-0.4, -0.2) is 21.4 Å². The summed E-state index contributed by atoms with van der Waals surface area (Å²) in [5.74, 6) is 2.57. The molecule has 6 nitrogen and oxygen atoms in total. The van der Waals surface area contributed by atoms with Gasteiger partial charge in [0.2, 0.25) is 0 Å². The monoisotopic (exact) mass is 441 g/mol. The van der Waals surface area contributed by atoms with Crippen LogP contribution >= 0.6 is 23.2 Å². The maximum Gasteiger partial charge on any atom is 0.256 e. The first-order valence-corrected chi connectivity index (χ1v) is 10.2. The van der Waals surface area contributed by atoms with Crippen molar-refractivity contribution in [3.63, 3.8) is 0 Å². The van der Waals surface area contributed by atoms with Gasteiger partial charge in [-0.2, -0.15) is 0 Å². The number of halogens is 2. The van der Waals surface area contributed by atoms with Crippen LogP contribution in [0.15, 0.2) is 62.4 Å². The van der Waals surface area contributed by atoms with E-state index in [0.717, 1.165) is 29.3 Å². The number of furan rings is 2. The lowest BCUT2D eigenvalue weighted by atomic mass is 10.1. The predicted octanol–water partition coefficient (Wildman–Crippen LogP) is 5.16. The van der Waals surface area contributed by atoms with E-state index in [1.807, 2.05) is 18.2 Å². The molecule has 0 unspecified atom stereocenters. The Bertz CT molecular complexity index is 1260. The van der Waals surface area contributed by atoms with Gasteiger partial charge in [-0.05, 0) is 42.5 Å². The summed E-state index contributed by atoms with van der Waals surface area (Å²) in [6.07, 6.45) is 2.25. The van der Waals surface area contributed by atoms with Gasteiger partial charge >= 0.3 is 0 Å². The molecule has 0 fully saturated rings. The Morgan fingerprint density at radius 2 is 2.00 bits per heavy atom. The minimum absolute atomic E-state index is 0.132. The van der Waals surface area contributed by atoms with Crippen LogP contribution in [0, 0.1) is 0 Å². The van der Waals surface area contributed by atoms with Gasteiger partial charge in [0.15, 0.2) is 11.6 Å². The smallest absolute Gasteiger partial charge is 0.256 e. The van der Waals surface area contributed by atoms with Crippen molar-refractivity contribution in [1.29, 1.82) is 0 Å². The molecule has 0 amide bonds. The van der Waals surface area contributed by atoms with Crippen LogP contribution in [0.3, 0.4) is 0 Å². The van der Waals surface area contributed by atoms with Crippen molar-refractivity contribution < 1.29 is 8.83 Å². The lowest BCUT2D eigenvalue weighted by molar-refractivity contribution is 0.223. The zero-order valence-electron chi connectivity index (χ0n) is 15.8. The zero-order chi connectivity index (χ0) is 20.7. The van der Waals surface area contributed by atoms with Crippen LogP contribution in [0.2, 0.25) is 10.0 Å². The summed E-state index contributed by atoms with van der Waals surface area (Å²) >= 11 is 12.1. The number of rotatable bonds is 4. The average molecular weight is 442 g/mol. The Morgan fingerprint density at radius 3 is 2.80 bits per heavy atom. The number of aromatic nitrogens is 2. The predicted molar refractivity (Wildman–Crippen MR) is 115 cm³/mol. The zero-order valence-corrected chi connectivity index (χ0v) is 17.3. The number of fused-ring (bicyclic) bond motifs is 1. The fourth-order valence-corrected chi connectivity index (χ4v) is 3.93. The molecule has 30 heavy (non-hydrogen) atoms. The highest BCUT2D eigenvalue weighted by atomic mass is 35.5. The van der Waals surface area contributed by atoms with Crippen molar-refractivity contribution >= 4 is 23.2 Å². The fourth-order valence-electron chi connectivity index (χ4n) is 3.63. The van der Waals surface area contributed by atoms with E-state index >= 15 is 0 Å². The first-order chi connectivity index (χ1) is 14.6. The highest BCUT2D eigenvalue weighted by Crippen LogP contribution is 2.30. The lowest BCUT2D eigenvalue weighted by Gasteiger charge is -2.26. The van der Waals surface area contributed by atoms with Crippen molar-refractivity contribution in [2.75, 3.05) is 6.54 Å². The van der Waals surface area contributed by atoms with E-state index in [9.17, 15) is 4.79 Å². The molecule has 0 bridgehead atoms. The maximum absolute atomic E-state index is 12.6. The van der Waals surface area contributed by atoms with E-state index in [1.165, 1.54) is 0 Å². The topological polar surface area (TPSA) is 75.3 Å². The normalized spacial score (nSPS) is 14.1. The Labute approximate surface area is 182 Å². The summed E-state index contributed by atoms with van der Waals surface area (Å²) < 4.78 is 11.3. The van der Waals surface area contributed by atoms with Gasteiger partial charge < -0.3 is 13.8 Å². The Kier molecular flexibility index (Phi) is 4.98. The van der Waals surface area contributed by atoms with Gasteiger partial charge in [-0.3, -0.25) is 9.69 Å². The molecule has 0 aliphatic carbocycles. The second kappa shape index (κ2) is 7.80. The van der Waals surface area contributed by atoms with Crippen LogP contribution in [0.1, 0.15) is 17.0 Å². The van der Waals surface area contributed by atoms with Crippen LogP contribution in [0.4, 0.5) is 0 Å². The molecule has 1 aromatic carbocycles. The molecule has 3 aromatic heterocycles. The molecule has 4 aromatic rings. The van der Waals surface area contributed by atoms with Gasteiger partial charge in [-0.1, -0.05) is 23.2 Å². The largest absolute Gasteiger partial charge is 0.461 e. The van der Waals surface area contributed by atoms with Gasteiger partial charge in [0.1, 0.15) is 11.5 Å². The SMILES string of the molecule is O=c1[nH]c(-c2ccco2)nc2c1CN(Cc1ccc(-c3ccc(Cl)c(Cl)c3)o1)CC2. The van der Waals surface area contributed by atoms with Crippen LogP contribution < -0.4 is 5.56 Å². The summed E-state index contributed by atoms with van der Waals surface area (Å²) in [4.78, 5) is 22.2. The molecular weight excluding hydrogens is 425 g/mol. The van der Waals surface area contributed by atoms with E-state index in [0.29, 0.717) is 46.7 Å². The molecule has 0 atom stereocenters. The van der Waals surface area contributed by atoms with Gasteiger partial charge in [-0.15, -0.1) is 0 Å². The third-order valence-electron chi connectivity index (χ3n) is 5.15. The van der Waals surface area contributed by atoms with Crippen molar-refractivity contribution in [3.8, 4) is 22.9 Å². The van der Waals surface area contributed by atoms with Gasteiger partial charge in [-0.25, -0.2) is 4.98 Å². The fraction of sp³-hybridized carbons (Fsp3) is 0.182. The molecule has 1 N–H and O–H groups in total. The highest BCUT2D eigenvalue weighted by molar-refractivity contribution is 6.42. The highest BCUT2D eigenvalue weighted by Gasteiger charge is 2.23. The van der Waals surface area contributed by atoms with Crippen molar-refractivity contribution in [2.24, 2.45) is 0 Å². The summed E-state index contributed by atoms with van der Waals surface area (Å²) in [7, 11) is 0. The molecular formula is C22H17Cl2N3O3. The Morgan fingerprint density at radius 1 is 1.10 bits per heavy atom. The van der Waals surface area contributed by atoms with Gasteiger partial charge in [0.25, 0.3) is 5.56 Å². The number of hydrogen-bond donors (Lipinski definition) is 1. The number of aromatic amines is 1. The van der Waals surface area contributed by atoms with Gasteiger partial charge in [0, 0.05) is 25.1 Å². The Balaban J connectivity index is 1.33. The van der Waals surface area contributed by atoms with Gasteiger partial charge in [0.05, 0.1) is 34.1 Å². The van der Waals surface area contributed by atoms with Crippen molar-refractivity contribution in [1.82, 2.24) is 14.9 Å². The molecule has 4 heterocycles. The summed E-state index contributed by atoms with van der Waals surface area (Å²) in [6.45, 7) is 1.89. The van der Waals surface area contributed by atoms with E-state index < -0.39 is 0 Å². The molecule has 8 heteroatoms. The van der Waals surface area contributed by atoms with E-state index in [4.69, 9.17) is 32.0 Å². The molecule has 1 aliphatic heterocycles. The minimum atomic E-state index is -0.132. The standard InChI is InChI=1S/C22H17Cl2N3O3/c23-16-5-3-13(10-17(16)24)19-6-4-14(30-19)11-27-8-7-18-15(12-27)22(28)26-21(25-18)20-2-1-9-29-20/h1-6,9-10H,7-8,11-12H2,(H,25,26,28). The number of hydrogen-bond acceptors (Lipinski definition) is 5. The van der Waals surface area contributed by atoms with Crippen LogP contribution in [0.5, 0.6) is 0 Å². The number of H-pyrrole nitrogens is 1. The number of nitrogens with zero attached hydrogens (tertiary/aromatic N) is 2. The first kappa shape index (κ1) is 19.2. The second-order valence-corrected chi connectivity index (χ2v) is 7.99. The van der Waals surface area contributed by atoms with E-state index in [-0.39, 0.29) is 5.56 Å². The quantitative estimate of drug-likeness (QED) is 0.473. The molecule has 0 saturated carbocycles. The summed E-state index contributed by atoms with van der Waals surface area (Å²) in [5, 5.41) is 0.994. The van der Waals surface area contributed by atoms with E-state index in [1.54, 1.807) is 30.5 Å². The van der Waals surface area contributed by atoms with Crippen LogP contribution in [0.25, 0.3) is 22.9 Å². The average Bonchev–Trinajstić information content (AvgIpc) is 3.43. The Hall–Kier alpha value is -2.80. The van der Waals surface area contributed by atoms with E-state index in [2.05, 4.69) is 14.9 Å². The molecule has 0 saturated heterocycles. The van der Waals surface area contributed by atoms with Crippen LogP contribution in [-0.2, 0) is 19.5 Å². The first-order valence-electron chi connectivity index (χ1n) is 9.49. The molecule has 0 radical (unpaired) electrons. The summed E-state index contributed by atoms with van der Waals surface area (Å²) in [5.41, 5.74) is 2.24. The second-order valence-electron chi connectivity index (χ2n) is 7.17. The molecule has 0 spiro atoms. The molecule has 1 aliphatic rings. The third-order valence-corrected chi connectivity index (χ3v) is 5.89. The summed E-state index contributed by atoms with van der Waals surface area (Å²) in [6, 6.07) is 12.8. The number of nitrogens with one attached hydrogen (secondary N) is 1. The number of benzene rings is 1. The lowest BCUT2D eigenvalue weighted by Crippen LogP contribution is -2.35. The van der Waals surface area contributed by atoms with Crippen molar-refractivity contribution in [2.45, 2.75) is 19.5 Å². The maximum atomic E-state index is 12.6. The molecule has 5 rings (SSSR count). The molecule has 152 valence electrons. The van der Waals surface area contributed by atoms with Crippen molar-refractivity contribution in [3.05, 3.63) is 86.1 Å². The minimum Gasteiger partial charge on any atom is -0.461 e. The third kappa shape index (κ3) is 3.69.